The third kappa shape index (κ3) is 4.60. The summed E-state index contributed by atoms with van der Waals surface area (Å²) < 4.78 is 30.6. The Morgan fingerprint density at radius 3 is 2.38 bits per heavy atom. The fourth-order valence-corrected chi connectivity index (χ4v) is 2.69. The second kappa shape index (κ2) is 7.51. The molecule has 0 heterocycles. The molecule has 2 aromatic carbocycles. The number of rotatable bonds is 6. The fraction of sp³-hybridized carbons (Fsp3) is 0.176. The van der Waals surface area contributed by atoms with Crippen LogP contribution in [-0.4, -0.2) is 4.89 Å². The molecular formula is C17H17FNO4P. The number of nitrogens with zero attached hydrogens (tertiary/aromatic N) is 1. The molecule has 1 atom stereocenters. The zero-order valence-electron chi connectivity index (χ0n) is 13.2. The maximum absolute atomic E-state index is 14.4. The Kier molecular flexibility index (Phi) is 5.65. The van der Waals surface area contributed by atoms with Gasteiger partial charge in [0.15, 0.2) is 0 Å². The summed E-state index contributed by atoms with van der Waals surface area (Å²) in [7, 11) is -4.70. The van der Waals surface area contributed by atoms with E-state index in [0.29, 0.717) is 5.56 Å². The second-order valence-corrected chi connectivity index (χ2v) is 6.80. The minimum atomic E-state index is -4.70. The maximum Gasteiger partial charge on any atom is 0.541 e. The molecule has 2 aromatic rings. The van der Waals surface area contributed by atoms with Crippen LogP contribution in [0.15, 0.2) is 47.4 Å². The van der Waals surface area contributed by atoms with Crippen molar-refractivity contribution in [3.63, 3.8) is 0 Å². The standard InChI is InChI=1S/C17H17FNO4P/c1-12(2)17-15(18)10-14(9-8-13-6-4-3-5-7-13)11-16(17)23-24(21,22)19-20/h3-12H,1-2H3,(H,21,22)/b9-8+. The van der Waals surface area contributed by atoms with Gasteiger partial charge in [0.2, 0.25) is 0 Å². The first-order valence-corrected chi connectivity index (χ1v) is 8.79. The average Bonchev–Trinajstić information content (AvgIpc) is 2.53. The first-order valence-electron chi connectivity index (χ1n) is 7.26. The quantitative estimate of drug-likeness (QED) is 0.432. The van der Waals surface area contributed by atoms with Crippen molar-refractivity contribution in [2.45, 2.75) is 19.8 Å². The van der Waals surface area contributed by atoms with Crippen LogP contribution in [-0.2, 0) is 4.57 Å². The van der Waals surface area contributed by atoms with Crippen LogP contribution in [0.3, 0.4) is 0 Å². The summed E-state index contributed by atoms with van der Waals surface area (Å²) in [6.45, 7) is 3.42. The van der Waals surface area contributed by atoms with Gasteiger partial charge in [-0.25, -0.2) is 8.96 Å². The van der Waals surface area contributed by atoms with E-state index in [9.17, 15) is 18.8 Å². The van der Waals surface area contributed by atoms with Gasteiger partial charge in [-0.1, -0.05) is 56.3 Å². The molecule has 1 N–H and O–H groups in total. The van der Waals surface area contributed by atoms with Gasteiger partial charge >= 0.3 is 7.75 Å². The number of benzene rings is 2. The second-order valence-electron chi connectivity index (χ2n) is 5.48. The van der Waals surface area contributed by atoms with Crippen LogP contribution in [0.25, 0.3) is 12.2 Å². The van der Waals surface area contributed by atoms with E-state index in [2.05, 4.69) is 4.95 Å². The van der Waals surface area contributed by atoms with Crippen molar-refractivity contribution in [3.05, 3.63) is 69.9 Å². The normalized spacial score (nSPS) is 13.9. The van der Waals surface area contributed by atoms with E-state index in [1.54, 1.807) is 26.0 Å². The number of hydrogen-bond donors (Lipinski definition) is 1. The molecule has 0 spiro atoms. The number of halogens is 1. The van der Waals surface area contributed by atoms with Crippen LogP contribution in [0.1, 0.15) is 36.5 Å². The van der Waals surface area contributed by atoms with Gasteiger partial charge in [-0.05, 0) is 29.2 Å². The Bertz CT molecular complexity index is 806. The Labute approximate surface area is 139 Å². The van der Waals surface area contributed by atoms with Crippen molar-refractivity contribution in [1.29, 1.82) is 0 Å². The number of nitroso groups, excluding NO2 is 1. The van der Waals surface area contributed by atoms with E-state index in [-0.39, 0.29) is 17.2 Å². The summed E-state index contributed by atoms with van der Waals surface area (Å²) in [5.74, 6) is -1.05. The highest BCUT2D eigenvalue weighted by Crippen LogP contribution is 2.46. The highest BCUT2D eigenvalue weighted by Gasteiger charge is 2.26. The van der Waals surface area contributed by atoms with Crippen LogP contribution in [0.4, 0.5) is 4.39 Å². The first-order chi connectivity index (χ1) is 11.3. The molecule has 0 saturated carbocycles. The van der Waals surface area contributed by atoms with Crippen LogP contribution in [0.5, 0.6) is 5.75 Å². The van der Waals surface area contributed by atoms with Crippen LogP contribution < -0.4 is 4.52 Å². The van der Waals surface area contributed by atoms with Gasteiger partial charge in [0, 0.05) is 5.56 Å². The molecule has 0 amide bonds. The van der Waals surface area contributed by atoms with E-state index >= 15 is 0 Å². The van der Waals surface area contributed by atoms with Crippen molar-refractivity contribution in [2.24, 2.45) is 4.95 Å². The summed E-state index contributed by atoms with van der Waals surface area (Å²) in [4.78, 5) is 21.8. The Hall–Kier alpha value is -2.30. The van der Waals surface area contributed by atoms with Gasteiger partial charge in [-0.3, -0.25) is 4.89 Å². The van der Waals surface area contributed by atoms with E-state index < -0.39 is 13.6 Å². The molecule has 24 heavy (non-hydrogen) atoms. The van der Waals surface area contributed by atoms with Gasteiger partial charge < -0.3 is 4.52 Å². The lowest BCUT2D eigenvalue weighted by atomic mass is 9.99. The summed E-state index contributed by atoms with van der Waals surface area (Å²) in [5, 5.41) is 0. The molecule has 0 aliphatic heterocycles. The Morgan fingerprint density at radius 1 is 1.17 bits per heavy atom. The molecule has 0 saturated heterocycles. The van der Waals surface area contributed by atoms with Crippen LogP contribution >= 0.6 is 7.75 Å². The summed E-state index contributed by atoms with van der Waals surface area (Å²) in [5.41, 5.74) is 1.46. The van der Waals surface area contributed by atoms with Crippen molar-refractivity contribution in [2.75, 3.05) is 0 Å². The zero-order valence-corrected chi connectivity index (χ0v) is 14.1. The predicted molar refractivity (Wildman–Crippen MR) is 92.1 cm³/mol. The van der Waals surface area contributed by atoms with E-state index in [4.69, 9.17) is 4.52 Å². The van der Waals surface area contributed by atoms with Crippen LogP contribution in [0, 0.1) is 10.7 Å². The minimum absolute atomic E-state index is 0.116. The van der Waals surface area contributed by atoms with Gasteiger partial charge in [-0.2, -0.15) is 0 Å². The molecule has 7 heteroatoms. The molecule has 0 bridgehead atoms. The minimum Gasteiger partial charge on any atom is -0.406 e. The first kappa shape index (κ1) is 18.0. The largest absolute Gasteiger partial charge is 0.541 e. The molecule has 0 aliphatic rings. The molecule has 5 nitrogen and oxygen atoms in total. The highest BCUT2D eigenvalue weighted by atomic mass is 31.2. The third-order valence-electron chi connectivity index (χ3n) is 3.28. The highest BCUT2D eigenvalue weighted by molar-refractivity contribution is 7.51. The molecule has 1 unspecified atom stereocenters. The van der Waals surface area contributed by atoms with Crippen molar-refractivity contribution >= 4 is 19.9 Å². The molecule has 126 valence electrons. The van der Waals surface area contributed by atoms with Crippen molar-refractivity contribution < 1.29 is 18.4 Å². The van der Waals surface area contributed by atoms with Crippen molar-refractivity contribution in [3.8, 4) is 5.75 Å². The predicted octanol–water partition coefficient (Wildman–Crippen LogP) is 5.37. The van der Waals surface area contributed by atoms with Gasteiger partial charge in [0.25, 0.3) is 0 Å². The van der Waals surface area contributed by atoms with Gasteiger partial charge in [0.05, 0.1) is 4.95 Å². The van der Waals surface area contributed by atoms with Crippen LogP contribution in [0.2, 0.25) is 0 Å². The summed E-state index contributed by atoms with van der Waals surface area (Å²) in [6, 6.07) is 12.1. The van der Waals surface area contributed by atoms with Gasteiger partial charge in [0.1, 0.15) is 11.6 Å². The summed E-state index contributed by atoms with van der Waals surface area (Å²) in [6.07, 6.45) is 3.41. The third-order valence-corrected chi connectivity index (χ3v) is 3.92. The lowest BCUT2D eigenvalue weighted by molar-refractivity contribution is 0.377. The van der Waals surface area contributed by atoms with Gasteiger partial charge in [-0.15, -0.1) is 4.91 Å². The average molecular weight is 349 g/mol. The van der Waals surface area contributed by atoms with Crippen molar-refractivity contribution in [1.82, 2.24) is 0 Å². The lowest BCUT2D eigenvalue weighted by Gasteiger charge is -2.15. The van der Waals surface area contributed by atoms with E-state index in [0.717, 1.165) is 5.56 Å². The molecular weight excluding hydrogens is 332 g/mol. The molecule has 0 fully saturated rings. The molecule has 0 aromatic heterocycles. The molecule has 0 radical (unpaired) electrons. The number of hydrogen-bond acceptors (Lipinski definition) is 3. The van der Waals surface area contributed by atoms with E-state index in [1.165, 1.54) is 12.1 Å². The molecule has 2 rings (SSSR count). The summed E-state index contributed by atoms with van der Waals surface area (Å²) >= 11 is 0. The fourth-order valence-electron chi connectivity index (χ4n) is 2.25. The topological polar surface area (TPSA) is 76.0 Å². The smallest absolute Gasteiger partial charge is 0.406 e. The Morgan fingerprint density at radius 2 is 1.79 bits per heavy atom. The zero-order chi connectivity index (χ0) is 17.7. The Balaban J connectivity index is 2.44. The SMILES string of the molecule is CC(C)c1c(F)cc(/C=C/c2ccccc2)cc1OP(=O)(O)N=O. The lowest BCUT2D eigenvalue weighted by Crippen LogP contribution is -2.00. The monoisotopic (exact) mass is 349 g/mol. The van der Waals surface area contributed by atoms with E-state index in [1.807, 2.05) is 30.3 Å². The maximum atomic E-state index is 14.4. The molecule has 0 aliphatic carbocycles.